The molecular formula is C13H15ClO5S. The summed E-state index contributed by atoms with van der Waals surface area (Å²) in [5, 5.41) is 0. The van der Waals surface area contributed by atoms with Crippen molar-refractivity contribution in [1.82, 2.24) is 0 Å². The van der Waals surface area contributed by atoms with E-state index >= 15 is 0 Å². The maximum absolute atomic E-state index is 11.9. The highest BCUT2D eigenvalue weighted by molar-refractivity contribution is 8.13. The van der Waals surface area contributed by atoms with Gasteiger partial charge in [-0.2, -0.15) is 0 Å². The summed E-state index contributed by atoms with van der Waals surface area (Å²) in [5.41, 5.74) is 0.662. The van der Waals surface area contributed by atoms with Gasteiger partial charge >= 0.3 is 5.97 Å². The Balaban J connectivity index is 2.10. The average Bonchev–Trinajstić information content (AvgIpc) is 2.88. The molecule has 1 aromatic rings. The van der Waals surface area contributed by atoms with Crippen LogP contribution < -0.4 is 0 Å². The summed E-state index contributed by atoms with van der Waals surface area (Å²) < 4.78 is 33.1. The number of rotatable bonds is 4. The molecule has 1 atom stereocenters. The van der Waals surface area contributed by atoms with Gasteiger partial charge in [-0.1, -0.05) is 6.07 Å². The van der Waals surface area contributed by atoms with Crippen LogP contribution in [-0.2, 0) is 18.5 Å². The number of aryl methyl sites for hydroxylation is 1. The van der Waals surface area contributed by atoms with E-state index in [1.54, 1.807) is 6.92 Å². The van der Waals surface area contributed by atoms with Gasteiger partial charge in [-0.3, -0.25) is 0 Å². The molecule has 2 rings (SSSR count). The lowest BCUT2D eigenvalue weighted by Crippen LogP contribution is -2.14. The largest absolute Gasteiger partial charge is 0.462 e. The Hall–Kier alpha value is -1.11. The van der Waals surface area contributed by atoms with E-state index < -0.39 is 15.0 Å². The Morgan fingerprint density at radius 2 is 2.25 bits per heavy atom. The van der Waals surface area contributed by atoms with Crippen LogP contribution in [0.5, 0.6) is 0 Å². The van der Waals surface area contributed by atoms with Gasteiger partial charge in [0.25, 0.3) is 9.05 Å². The normalized spacial score (nSPS) is 19.0. The minimum atomic E-state index is -3.88. The van der Waals surface area contributed by atoms with Crippen molar-refractivity contribution in [3.05, 3.63) is 29.3 Å². The summed E-state index contributed by atoms with van der Waals surface area (Å²) in [7, 11) is 1.45. The molecule has 0 radical (unpaired) electrons. The molecule has 0 aromatic heterocycles. The maximum atomic E-state index is 11.9. The predicted octanol–water partition coefficient (Wildman–Crippen LogP) is 2.12. The van der Waals surface area contributed by atoms with Gasteiger partial charge in [-0.25, -0.2) is 13.2 Å². The van der Waals surface area contributed by atoms with E-state index in [0.29, 0.717) is 18.8 Å². The van der Waals surface area contributed by atoms with E-state index in [4.69, 9.17) is 20.2 Å². The maximum Gasteiger partial charge on any atom is 0.338 e. The van der Waals surface area contributed by atoms with E-state index in [0.717, 1.165) is 6.42 Å². The molecular weight excluding hydrogens is 304 g/mol. The molecule has 1 aliphatic heterocycles. The van der Waals surface area contributed by atoms with Gasteiger partial charge in [0, 0.05) is 23.2 Å². The molecule has 1 aliphatic rings. The molecule has 1 saturated heterocycles. The standard InChI is InChI=1S/C13H15ClO5S/c1-9-2-3-11(6-12(9)20(14,16)17)13(15)19-8-10-4-5-18-7-10/h2-3,6,10H,4-5,7-8H2,1H3. The Morgan fingerprint density at radius 3 is 2.85 bits per heavy atom. The number of carbonyl (C=O) groups excluding carboxylic acids is 1. The predicted molar refractivity (Wildman–Crippen MR) is 73.4 cm³/mol. The van der Waals surface area contributed by atoms with Gasteiger partial charge < -0.3 is 9.47 Å². The Bertz CT molecular complexity index is 605. The van der Waals surface area contributed by atoms with E-state index in [2.05, 4.69) is 0 Å². The van der Waals surface area contributed by atoms with E-state index in [9.17, 15) is 13.2 Å². The highest BCUT2D eigenvalue weighted by Gasteiger charge is 2.20. The first-order valence-electron chi connectivity index (χ1n) is 6.18. The second kappa shape index (κ2) is 6.11. The molecule has 1 heterocycles. The fourth-order valence-corrected chi connectivity index (χ4v) is 3.20. The van der Waals surface area contributed by atoms with E-state index in [1.807, 2.05) is 0 Å². The van der Waals surface area contributed by atoms with Gasteiger partial charge in [0.05, 0.1) is 23.7 Å². The zero-order valence-corrected chi connectivity index (χ0v) is 12.5. The second-order valence-corrected chi connectivity index (χ2v) is 7.28. The van der Waals surface area contributed by atoms with E-state index in [1.165, 1.54) is 18.2 Å². The number of benzene rings is 1. The smallest absolute Gasteiger partial charge is 0.338 e. The highest BCUT2D eigenvalue weighted by atomic mass is 35.7. The van der Waals surface area contributed by atoms with Crippen molar-refractivity contribution >= 4 is 25.7 Å². The number of hydrogen-bond donors (Lipinski definition) is 0. The van der Waals surface area contributed by atoms with Crippen LogP contribution in [0.2, 0.25) is 0 Å². The molecule has 1 fully saturated rings. The lowest BCUT2D eigenvalue weighted by atomic mass is 10.1. The van der Waals surface area contributed by atoms with Crippen molar-refractivity contribution in [1.29, 1.82) is 0 Å². The first-order valence-corrected chi connectivity index (χ1v) is 8.49. The molecule has 5 nitrogen and oxygen atoms in total. The number of ether oxygens (including phenoxy) is 2. The van der Waals surface area contributed by atoms with Crippen LogP contribution in [0.15, 0.2) is 23.1 Å². The van der Waals surface area contributed by atoms with E-state index in [-0.39, 0.29) is 23.0 Å². The number of carbonyl (C=O) groups is 1. The van der Waals surface area contributed by atoms with Crippen molar-refractivity contribution in [2.75, 3.05) is 19.8 Å². The van der Waals surface area contributed by atoms with Gasteiger partial charge in [0.2, 0.25) is 0 Å². The quantitative estimate of drug-likeness (QED) is 0.628. The van der Waals surface area contributed by atoms with Crippen molar-refractivity contribution in [2.24, 2.45) is 5.92 Å². The molecule has 7 heteroatoms. The van der Waals surface area contributed by atoms with Gasteiger partial charge in [0.15, 0.2) is 0 Å². The Morgan fingerprint density at radius 1 is 1.50 bits per heavy atom. The van der Waals surface area contributed by atoms with Gasteiger partial charge in [0.1, 0.15) is 0 Å². The summed E-state index contributed by atoms with van der Waals surface area (Å²) in [6.45, 7) is 3.15. The second-order valence-electron chi connectivity index (χ2n) is 4.75. The van der Waals surface area contributed by atoms with Crippen LogP contribution in [-0.4, -0.2) is 34.2 Å². The SMILES string of the molecule is Cc1ccc(C(=O)OCC2CCOC2)cc1S(=O)(=O)Cl. The zero-order chi connectivity index (χ0) is 14.8. The molecule has 0 bridgehead atoms. The molecule has 20 heavy (non-hydrogen) atoms. The lowest BCUT2D eigenvalue weighted by molar-refractivity contribution is 0.0428. The summed E-state index contributed by atoms with van der Waals surface area (Å²) >= 11 is 0. The molecule has 0 spiro atoms. The van der Waals surface area contributed by atoms with Crippen molar-refractivity contribution < 1.29 is 22.7 Å². The van der Waals surface area contributed by atoms with Crippen LogP contribution >= 0.6 is 10.7 Å². The van der Waals surface area contributed by atoms with Gasteiger partial charge in [-0.05, 0) is 31.0 Å². The average molecular weight is 319 g/mol. The molecule has 1 unspecified atom stereocenters. The number of esters is 1. The van der Waals surface area contributed by atoms with Crippen LogP contribution in [0.1, 0.15) is 22.3 Å². The molecule has 0 saturated carbocycles. The fourth-order valence-electron chi connectivity index (χ4n) is 1.98. The molecule has 0 aliphatic carbocycles. The lowest BCUT2D eigenvalue weighted by Gasteiger charge is -2.10. The summed E-state index contributed by atoms with van der Waals surface area (Å²) in [6, 6.07) is 4.30. The van der Waals surface area contributed by atoms with Crippen molar-refractivity contribution in [3.8, 4) is 0 Å². The first kappa shape index (κ1) is 15.3. The molecule has 0 amide bonds. The molecule has 1 aromatic carbocycles. The molecule has 110 valence electrons. The van der Waals surface area contributed by atoms with Crippen LogP contribution in [0.4, 0.5) is 0 Å². The third-order valence-electron chi connectivity index (χ3n) is 3.16. The third-order valence-corrected chi connectivity index (χ3v) is 4.62. The van der Waals surface area contributed by atoms with Gasteiger partial charge in [-0.15, -0.1) is 0 Å². The Kier molecular flexibility index (Phi) is 4.67. The summed E-state index contributed by atoms with van der Waals surface area (Å²) in [4.78, 5) is 11.8. The zero-order valence-electron chi connectivity index (χ0n) is 11.0. The Labute approximate surface area is 122 Å². The number of hydrogen-bond acceptors (Lipinski definition) is 5. The monoisotopic (exact) mass is 318 g/mol. The fraction of sp³-hybridized carbons (Fsp3) is 0.462. The topological polar surface area (TPSA) is 69.7 Å². The van der Waals surface area contributed by atoms with Crippen molar-refractivity contribution in [2.45, 2.75) is 18.2 Å². The van der Waals surface area contributed by atoms with Crippen LogP contribution in [0, 0.1) is 12.8 Å². The first-order chi connectivity index (χ1) is 9.38. The van der Waals surface area contributed by atoms with Crippen molar-refractivity contribution in [3.63, 3.8) is 0 Å². The summed E-state index contributed by atoms with van der Waals surface area (Å²) in [5.74, 6) is -0.348. The number of halogens is 1. The van der Waals surface area contributed by atoms with Crippen LogP contribution in [0.3, 0.4) is 0 Å². The third kappa shape index (κ3) is 3.71. The minimum absolute atomic E-state index is 0.0715. The van der Waals surface area contributed by atoms with Crippen LogP contribution in [0.25, 0.3) is 0 Å². The highest BCUT2D eigenvalue weighted by Crippen LogP contribution is 2.22. The summed E-state index contributed by atoms with van der Waals surface area (Å²) in [6.07, 6.45) is 0.864. The minimum Gasteiger partial charge on any atom is -0.462 e. The molecule has 0 N–H and O–H groups in total.